The van der Waals surface area contributed by atoms with E-state index in [9.17, 15) is 29.4 Å². The van der Waals surface area contributed by atoms with Crippen molar-refractivity contribution in [3.8, 4) is 0 Å². The van der Waals surface area contributed by atoms with E-state index in [-0.39, 0.29) is 36.8 Å². The zero-order valence-electron chi connectivity index (χ0n) is 29.5. The van der Waals surface area contributed by atoms with Crippen molar-refractivity contribution in [1.29, 1.82) is 0 Å². The number of allylic oxidation sites excluding steroid dienone is 3. The van der Waals surface area contributed by atoms with E-state index in [1.807, 2.05) is 13.0 Å². The molecule has 13 nitrogen and oxygen atoms in total. The Morgan fingerprint density at radius 2 is 2.00 bits per heavy atom. The molecular weight excluding hydrogens is 690 g/mol. The number of halogens is 1. The first kappa shape index (κ1) is 39.6. The van der Waals surface area contributed by atoms with Gasteiger partial charge in [0.05, 0.1) is 29.8 Å². The van der Waals surface area contributed by atoms with Crippen LogP contribution in [0.2, 0.25) is 5.02 Å². The molecule has 4 bridgehead atoms. The Labute approximate surface area is 303 Å². The number of aliphatic hydroxyl groups excluding tert-OH is 1. The molecule has 1 aromatic rings. The van der Waals surface area contributed by atoms with E-state index < -0.39 is 65.7 Å². The highest BCUT2D eigenvalue weighted by molar-refractivity contribution is 7.80. The molecule has 3 heterocycles. The number of nitrogens with one attached hydrogen (secondary N) is 1. The number of hydrogen-bond donors (Lipinski definition) is 4. The average Bonchev–Trinajstić information content (AvgIpc) is 3.76. The number of nitrogens with zero attached hydrogens (tertiary/aromatic N) is 2. The first-order valence-corrected chi connectivity index (χ1v) is 17.5. The third kappa shape index (κ3) is 8.48. The van der Waals surface area contributed by atoms with E-state index in [1.165, 1.54) is 30.9 Å². The molecule has 0 radical (unpaired) electrons. The molecule has 2 saturated heterocycles. The van der Waals surface area contributed by atoms with Gasteiger partial charge in [-0.15, -0.1) is 0 Å². The van der Waals surface area contributed by atoms with Gasteiger partial charge in [0.15, 0.2) is 5.72 Å². The number of esters is 1. The first-order valence-electron chi connectivity index (χ1n) is 16.5. The van der Waals surface area contributed by atoms with Gasteiger partial charge in [0.1, 0.15) is 30.0 Å². The number of anilines is 1. The van der Waals surface area contributed by atoms with Crippen LogP contribution in [0.5, 0.6) is 0 Å². The summed E-state index contributed by atoms with van der Waals surface area (Å²) < 4.78 is 23.4. The maximum atomic E-state index is 14.0. The van der Waals surface area contributed by atoms with Gasteiger partial charge in [0.2, 0.25) is 11.8 Å². The number of thiol groups is 1. The van der Waals surface area contributed by atoms with Crippen LogP contribution in [0.25, 0.3) is 0 Å². The maximum absolute atomic E-state index is 14.0. The number of carbonyl (C=O) groups is 4. The lowest BCUT2D eigenvalue weighted by Crippen LogP contribution is -2.63. The summed E-state index contributed by atoms with van der Waals surface area (Å²) in [5, 5.41) is 24.5. The average molecular weight is 738 g/mol. The van der Waals surface area contributed by atoms with Gasteiger partial charge in [-0.3, -0.25) is 14.9 Å². The summed E-state index contributed by atoms with van der Waals surface area (Å²) >= 11 is 10.8. The largest absolute Gasteiger partial charge is 0.457 e. The van der Waals surface area contributed by atoms with Crippen molar-refractivity contribution >= 4 is 53.8 Å². The van der Waals surface area contributed by atoms with Crippen LogP contribution in [-0.4, -0.2) is 108 Å². The number of fused-ring (bicyclic) bond motifs is 5. The molecule has 3 N–H and O–H groups in total. The molecule has 3 amide bonds. The Hall–Kier alpha value is -3.14. The van der Waals surface area contributed by atoms with Crippen LogP contribution in [0, 0.1) is 5.92 Å². The van der Waals surface area contributed by atoms with Crippen molar-refractivity contribution in [2.75, 3.05) is 31.9 Å². The number of alkyl carbamates (subject to hydrolysis) is 1. The molecule has 0 unspecified atom stereocenters. The van der Waals surface area contributed by atoms with Crippen molar-refractivity contribution in [2.24, 2.45) is 5.92 Å². The summed E-state index contributed by atoms with van der Waals surface area (Å²) in [4.78, 5) is 55.5. The van der Waals surface area contributed by atoms with Crippen molar-refractivity contribution < 1.29 is 48.3 Å². The Kier molecular flexibility index (Phi) is 12.7. The molecule has 0 saturated carbocycles. The lowest BCUT2D eigenvalue weighted by Gasteiger charge is -2.42. The van der Waals surface area contributed by atoms with Crippen molar-refractivity contribution in [2.45, 2.75) is 102 Å². The van der Waals surface area contributed by atoms with Crippen molar-refractivity contribution in [3.63, 3.8) is 0 Å². The zero-order valence-corrected chi connectivity index (χ0v) is 31.1. The van der Waals surface area contributed by atoms with Crippen LogP contribution in [0.1, 0.15) is 58.1 Å². The fourth-order valence-electron chi connectivity index (χ4n) is 6.55. The van der Waals surface area contributed by atoms with Gasteiger partial charge in [-0.1, -0.05) is 48.4 Å². The SMILES string of the molecule is CO[C@@H]1/C=C/C=C(\C)Cc2cc(CO)c(Cl)c(c2)N(C)C(=O)C[C@H](OC(=O)[C@H](C)N(C)C(=O)CCS)[C@]2(C)O[C@H]2[C@H](C)[C@@H]2C[C@@]1(O)NC(=O)O2. The van der Waals surface area contributed by atoms with Crippen LogP contribution in [0.3, 0.4) is 0 Å². The second-order valence-corrected chi connectivity index (χ2v) is 14.3. The monoisotopic (exact) mass is 737 g/mol. The number of likely N-dealkylation sites (N-methyl/N-ethyl adjacent to an activating group) is 1. The molecule has 0 aliphatic carbocycles. The normalized spacial score (nSPS) is 32.4. The third-order valence-electron chi connectivity index (χ3n) is 9.91. The van der Waals surface area contributed by atoms with E-state index in [0.717, 1.165) is 11.1 Å². The molecule has 50 heavy (non-hydrogen) atoms. The molecule has 2 fully saturated rings. The maximum Gasteiger partial charge on any atom is 0.409 e. The highest BCUT2D eigenvalue weighted by atomic mass is 35.5. The van der Waals surface area contributed by atoms with Gasteiger partial charge in [0, 0.05) is 40.0 Å². The van der Waals surface area contributed by atoms with E-state index in [2.05, 4.69) is 17.9 Å². The number of methoxy groups -OCH3 is 1. The van der Waals surface area contributed by atoms with Crippen LogP contribution < -0.4 is 10.2 Å². The lowest BCUT2D eigenvalue weighted by atomic mass is 9.83. The number of ether oxygens (including phenoxy) is 4. The highest BCUT2D eigenvalue weighted by Gasteiger charge is 2.64. The molecule has 276 valence electrons. The molecule has 0 spiro atoms. The highest BCUT2D eigenvalue weighted by Crippen LogP contribution is 2.49. The summed E-state index contributed by atoms with van der Waals surface area (Å²) in [5.74, 6) is -1.74. The summed E-state index contributed by atoms with van der Waals surface area (Å²) in [7, 11) is 4.45. The van der Waals surface area contributed by atoms with Gasteiger partial charge in [-0.2, -0.15) is 12.6 Å². The summed E-state index contributed by atoms with van der Waals surface area (Å²) in [5.41, 5.74) is -0.600. The number of benzene rings is 1. The first-order chi connectivity index (χ1) is 23.5. The molecule has 3 aliphatic heterocycles. The smallest absolute Gasteiger partial charge is 0.409 e. The molecule has 1 aromatic carbocycles. The van der Waals surface area contributed by atoms with Crippen LogP contribution in [0.15, 0.2) is 35.9 Å². The second kappa shape index (κ2) is 16.0. The summed E-state index contributed by atoms with van der Waals surface area (Å²) in [6.45, 7) is 6.55. The van der Waals surface area contributed by atoms with Crippen LogP contribution >= 0.6 is 24.2 Å². The minimum absolute atomic E-state index is 0.0587. The molecule has 15 heteroatoms. The Bertz CT molecular complexity index is 1540. The Morgan fingerprint density at radius 1 is 1.30 bits per heavy atom. The fraction of sp³-hybridized carbons (Fsp3) is 0.600. The second-order valence-electron chi connectivity index (χ2n) is 13.5. The van der Waals surface area contributed by atoms with E-state index in [4.69, 9.17) is 30.5 Å². The number of hydrogen-bond acceptors (Lipinski definition) is 11. The van der Waals surface area contributed by atoms with Crippen LogP contribution in [0.4, 0.5) is 10.5 Å². The minimum Gasteiger partial charge on any atom is -0.457 e. The van der Waals surface area contributed by atoms with Gasteiger partial charge in [-0.25, -0.2) is 9.59 Å². The van der Waals surface area contributed by atoms with Crippen molar-refractivity contribution in [1.82, 2.24) is 10.2 Å². The van der Waals surface area contributed by atoms with E-state index in [1.54, 1.807) is 45.2 Å². The number of aliphatic hydroxyl groups is 2. The van der Waals surface area contributed by atoms with Gasteiger partial charge in [-0.05, 0) is 50.1 Å². The predicted octanol–water partition coefficient (Wildman–Crippen LogP) is 3.32. The number of amides is 3. The number of epoxide rings is 1. The van der Waals surface area contributed by atoms with Gasteiger partial charge in [0.25, 0.3) is 0 Å². The summed E-state index contributed by atoms with van der Waals surface area (Å²) in [6.07, 6.45) is 0.896. The molecule has 4 rings (SSSR count). The molecule has 8 atom stereocenters. The van der Waals surface area contributed by atoms with Crippen LogP contribution in [-0.2, 0) is 46.4 Å². The third-order valence-corrected chi connectivity index (χ3v) is 10.6. The number of rotatable bonds is 7. The van der Waals surface area contributed by atoms with Crippen molar-refractivity contribution in [3.05, 3.63) is 52.1 Å². The Morgan fingerprint density at radius 3 is 2.64 bits per heavy atom. The molecule has 3 aliphatic rings. The van der Waals surface area contributed by atoms with Gasteiger partial charge < -0.3 is 39.0 Å². The summed E-state index contributed by atoms with van der Waals surface area (Å²) in [6, 6.07) is 2.53. The Balaban J connectivity index is 1.78. The predicted molar refractivity (Wildman–Crippen MR) is 189 cm³/mol. The standard InChI is InChI=1S/C35H48ClN3O10S/c1-19-9-8-10-26(46-7)35(45)17-25(47-33(44)37-35)20(2)31-34(4,49-31)27(48-32(43)21(3)38(5)28(41)11-12-50)16-29(42)39(6)24-15-22(13-19)14-23(18-40)30(24)36/h8-10,14-15,20-21,25-27,31,40,45,50H,11-13,16-18H2,1-7H3,(H,37,44)/b10-8+,19-9+/t20-,21+,25+,26-,27+,31+,34+,35+/m1/s1. The molecule has 0 aromatic heterocycles. The fourth-order valence-corrected chi connectivity index (χ4v) is 7.04. The quantitative estimate of drug-likeness (QED) is 0.185. The number of carbonyl (C=O) groups excluding carboxylic acids is 4. The van der Waals surface area contributed by atoms with E-state index >= 15 is 0 Å². The minimum atomic E-state index is -1.83. The van der Waals surface area contributed by atoms with Gasteiger partial charge >= 0.3 is 12.1 Å². The molecular formula is C35H48ClN3O10S. The zero-order chi connectivity index (χ0) is 37.1. The topological polar surface area (TPSA) is 167 Å². The van der Waals surface area contributed by atoms with E-state index in [0.29, 0.717) is 23.4 Å². The lowest BCUT2D eigenvalue weighted by molar-refractivity contribution is -0.161.